The molecule has 4 aromatic rings. The SMILES string of the molecule is CCN(CC)CC.CCOc1ccc(-n2c(=S)sc3c(=O)n(-c4ccc(C)cc4)c(=S)[nH]c32)cc1. The molecule has 0 aliphatic heterocycles. The molecule has 0 fully saturated rings. The summed E-state index contributed by atoms with van der Waals surface area (Å²) in [7, 11) is 0. The van der Waals surface area contributed by atoms with Gasteiger partial charge in [-0.15, -0.1) is 0 Å². The Kier molecular flexibility index (Phi) is 9.56. The number of aryl methyl sites for hydroxylation is 1. The van der Waals surface area contributed by atoms with Gasteiger partial charge in [0.2, 0.25) is 0 Å². The van der Waals surface area contributed by atoms with Crippen molar-refractivity contribution in [3.63, 3.8) is 0 Å². The summed E-state index contributed by atoms with van der Waals surface area (Å²) in [5, 5.41) is 0. The Balaban J connectivity index is 0.000000429. The number of aromatic amines is 1. The number of aromatic nitrogens is 3. The van der Waals surface area contributed by atoms with Gasteiger partial charge in [0.15, 0.2) is 8.73 Å². The van der Waals surface area contributed by atoms with Crippen LogP contribution in [0.25, 0.3) is 21.7 Å². The number of nitrogens with zero attached hydrogens (tertiary/aromatic N) is 3. The molecule has 0 aliphatic carbocycles. The van der Waals surface area contributed by atoms with Crippen molar-refractivity contribution in [2.75, 3.05) is 26.2 Å². The molecule has 2 heterocycles. The molecule has 0 bridgehead atoms. The third kappa shape index (κ3) is 6.16. The van der Waals surface area contributed by atoms with E-state index in [9.17, 15) is 4.79 Å². The van der Waals surface area contributed by atoms with Crippen molar-refractivity contribution >= 4 is 46.1 Å². The second kappa shape index (κ2) is 12.4. The van der Waals surface area contributed by atoms with Crippen LogP contribution >= 0.6 is 35.8 Å². The maximum absolute atomic E-state index is 13.2. The van der Waals surface area contributed by atoms with E-state index in [-0.39, 0.29) is 5.56 Å². The molecule has 4 rings (SSSR count). The van der Waals surface area contributed by atoms with Gasteiger partial charge in [-0.2, -0.15) is 0 Å². The summed E-state index contributed by atoms with van der Waals surface area (Å²) >= 11 is 12.3. The number of fused-ring (bicyclic) bond motifs is 1. The molecule has 1 N–H and O–H groups in total. The number of H-pyrrole nitrogens is 1. The first-order chi connectivity index (χ1) is 16.8. The lowest BCUT2D eigenvalue weighted by Gasteiger charge is -2.13. The summed E-state index contributed by atoms with van der Waals surface area (Å²) in [5.74, 6) is 0.784. The molecule has 9 heteroatoms. The minimum Gasteiger partial charge on any atom is -0.494 e. The predicted octanol–water partition coefficient (Wildman–Crippen LogP) is 6.69. The zero-order valence-corrected chi connectivity index (χ0v) is 23.3. The molecule has 186 valence electrons. The minimum absolute atomic E-state index is 0.177. The average molecular weight is 529 g/mol. The lowest BCUT2D eigenvalue weighted by molar-refractivity contribution is 0.321. The van der Waals surface area contributed by atoms with E-state index >= 15 is 0 Å². The molecule has 2 aromatic carbocycles. The normalized spacial score (nSPS) is 10.9. The van der Waals surface area contributed by atoms with Gasteiger partial charge < -0.3 is 14.6 Å². The molecule has 35 heavy (non-hydrogen) atoms. The van der Waals surface area contributed by atoms with Gasteiger partial charge in [-0.3, -0.25) is 13.9 Å². The average Bonchev–Trinajstić information content (AvgIpc) is 3.18. The number of rotatable bonds is 7. The topological polar surface area (TPSA) is 55.2 Å². The van der Waals surface area contributed by atoms with Crippen molar-refractivity contribution in [3.8, 4) is 17.1 Å². The number of hydrogen-bond acceptors (Lipinski definition) is 6. The number of thiazole rings is 1. The highest BCUT2D eigenvalue weighted by molar-refractivity contribution is 7.73. The van der Waals surface area contributed by atoms with E-state index in [0.717, 1.165) is 22.7 Å². The van der Waals surface area contributed by atoms with Crippen LogP contribution < -0.4 is 10.3 Å². The smallest absolute Gasteiger partial charge is 0.278 e. The second-order valence-electron chi connectivity index (χ2n) is 7.83. The predicted molar refractivity (Wildman–Crippen MR) is 152 cm³/mol. The molecule has 0 spiro atoms. The summed E-state index contributed by atoms with van der Waals surface area (Å²) in [6, 6.07) is 15.3. The minimum atomic E-state index is -0.177. The fourth-order valence-electron chi connectivity index (χ4n) is 3.67. The van der Waals surface area contributed by atoms with Gasteiger partial charge in [-0.05, 0) is 94.3 Å². The zero-order valence-electron chi connectivity index (χ0n) is 20.8. The summed E-state index contributed by atoms with van der Waals surface area (Å²) < 4.78 is 10.3. The number of ether oxygens (including phenoxy) is 1. The molecule has 0 radical (unpaired) electrons. The Bertz CT molecular complexity index is 1420. The van der Waals surface area contributed by atoms with Crippen molar-refractivity contribution in [1.29, 1.82) is 0 Å². The lowest BCUT2D eigenvalue weighted by atomic mass is 10.2. The van der Waals surface area contributed by atoms with Crippen molar-refractivity contribution in [3.05, 3.63) is 73.2 Å². The molecule has 0 unspecified atom stereocenters. The van der Waals surface area contributed by atoms with Gasteiger partial charge in [0.05, 0.1) is 12.3 Å². The van der Waals surface area contributed by atoms with Gasteiger partial charge in [0.1, 0.15) is 16.1 Å². The van der Waals surface area contributed by atoms with Crippen LogP contribution in [-0.2, 0) is 0 Å². The summed E-state index contributed by atoms with van der Waals surface area (Å²) in [6.07, 6.45) is 0. The largest absolute Gasteiger partial charge is 0.494 e. The first-order valence-corrected chi connectivity index (χ1v) is 13.4. The summed E-state index contributed by atoms with van der Waals surface area (Å²) in [5.41, 5.74) is 3.12. The lowest BCUT2D eigenvalue weighted by Crippen LogP contribution is -2.21. The molecular weight excluding hydrogens is 497 g/mol. The highest BCUT2D eigenvalue weighted by Crippen LogP contribution is 2.25. The van der Waals surface area contributed by atoms with E-state index in [1.807, 2.05) is 66.9 Å². The summed E-state index contributed by atoms with van der Waals surface area (Å²) in [4.78, 5) is 18.7. The van der Waals surface area contributed by atoms with Crippen LogP contribution in [0.4, 0.5) is 0 Å². The quantitative estimate of drug-likeness (QED) is 0.271. The van der Waals surface area contributed by atoms with E-state index in [1.54, 1.807) is 0 Å². The molecule has 2 aromatic heterocycles. The zero-order chi connectivity index (χ0) is 25.5. The Hall–Kier alpha value is -2.59. The number of hydrogen-bond donors (Lipinski definition) is 1. The van der Waals surface area contributed by atoms with Gasteiger partial charge in [0, 0.05) is 5.69 Å². The molecular formula is C26H32N4O2S3. The Morgan fingerprint density at radius 2 is 1.43 bits per heavy atom. The molecule has 0 atom stereocenters. The molecule has 0 saturated heterocycles. The Labute approximate surface area is 220 Å². The van der Waals surface area contributed by atoms with Crippen molar-refractivity contribution in [2.45, 2.75) is 34.6 Å². The second-order valence-corrected chi connectivity index (χ2v) is 9.86. The van der Waals surface area contributed by atoms with Crippen molar-refractivity contribution < 1.29 is 4.74 Å². The van der Waals surface area contributed by atoms with Crippen LogP contribution in [0.2, 0.25) is 0 Å². The van der Waals surface area contributed by atoms with Crippen LogP contribution in [0.15, 0.2) is 53.3 Å². The van der Waals surface area contributed by atoms with Crippen LogP contribution in [0.3, 0.4) is 0 Å². The Morgan fingerprint density at radius 3 is 1.94 bits per heavy atom. The van der Waals surface area contributed by atoms with Crippen LogP contribution in [0.1, 0.15) is 33.3 Å². The van der Waals surface area contributed by atoms with Gasteiger partial charge in [0.25, 0.3) is 5.56 Å². The van der Waals surface area contributed by atoms with Crippen LogP contribution in [0, 0.1) is 15.6 Å². The fourth-order valence-corrected chi connectivity index (χ4v) is 5.29. The standard InChI is InChI=1S/C20H17N3O2S3.C6H15N/c1-3-25-15-10-8-13(9-11-15)22-17-16(28-20(22)27)18(24)23(19(26)21-17)14-6-4-12(2)5-7-14;1-4-7(5-2)6-3/h4-11H,3H2,1-2H3,(H,21,26);4-6H2,1-3H3. The van der Waals surface area contributed by atoms with Gasteiger partial charge in [-0.1, -0.05) is 49.8 Å². The maximum Gasteiger partial charge on any atom is 0.278 e. The van der Waals surface area contributed by atoms with E-state index in [1.165, 1.54) is 35.5 Å². The van der Waals surface area contributed by atoms with Crippen LogP contribution in [0.5, 0.6) is 5.75 Å². The first-order valence-electron chi connectivity index (χ1n) is 11.8. The van der Waals surface area contributed by atoms with E-state index in [2.05, 4.69) is 30.7 Å². The number of benzene rings is 2. The Morgan fingerprint density at radius 1 is 0.886 bits per heavy atom. The maximum atomic E-state index is 13.2. The molecule has 0 saturated carbocycles. The van der Waals surface area contributed by atoms with E-state index in [0.29, 0.717) is 25.7 Å². The first kappa shape index (κ1) is 27.0. The van der Waals surface area contributed by atoms with E-state index < -0.39 is 0 Å². The van der Waals surface area contributed by atoms with E-state index in [4.69, 9.17) is 29.2 Å². The summed E-state index contributed by atoms with van der Waals surface area (Å²) in [6.45, 7) is 14.7. The third-order valence-electron chi connectivity index (χ3n) is 5.68. The third-order valence-corrected chi connectivity index (χ3v) is 7.32. The highest BCUT2D eigenvalue weighted by Gasteiger charge is 2.15. The van der Waals surface area contributed by atoms with Crippen molar-refractivity contribution in [1.82, 2.24) is 19.0 Å². The highest BCUT2D eigenvalue weighted by atomic mass is 32.1. The van der Waals surface area contributed by atoms with Crippen LogP contribution in [-0.4, -0.2) is 45.3 Å². The molecule has 6 nitrogen and oxygen atoms in total. The fraction of sp³-hybridized carbons (Fsp3) is 0.346. The monoisotopic (exact) mass is 528 g/mol. The molecule has 0 amide bonds. The van der Waals surface area contributed by atoms with Gasteiger partial charge >= 0.3 is 0 Å². The van der Waals surface area contributed by atoms with Gasteiger partial charge in [-0.25, -0.2) is 0 Å². The number of nitrogens with one attached hydrogen (secondary N) is 1. The molecule has 0 aliphatic rings. The van der Waals surface area contributed by atoms with Crippen molar-refractivity contribution in [2.24, 2.45) is 0 Å².